The van der Waals surface area contributed by atoms with Crippen LogP contribution in [0.4, 0.5) is 51.2 Å². The minimum Gasteiger partial charge on any atom is -0.456 e. The van der Waals surface area contributed by atoms with Crippen LogP contribution in [0.5, 0.6) is 0 Å². The van der Waals surface area contributed by atoms with Crippen LogP contribution >= 0.6 is 45.3 Å². The van der Waals surface area contributed by atoms with Crippen molar-refractivity contribution in [2.45, 2.75) is 19.3 Å². The Morgan fingerprint density at radius 1 is 0.167 bits per heavy atom. The first-order valence-corrected chi connectivity index (χ1v) is 52.2. The lowest BCUT2D eigenvalue weighted by atomic mass is 9.82. The Kier molecular flexibility index (Phi) is 21.3. The van der Waals surface area contributed by atoms with Crippen LogP contribution < -0.4 is 14.7 Å². The Morgan fingerprint density at radius 3 is 1.01 bits per heavy atom. The van der Waals surface area contributed by atoms with Gasteiger partial charge in [0.05, 0.1) is 0 Å². The zero-order valence-electron chi connectivity index (χ0n) is 78.7. The van der Waals surface area contributed by atoms with E-state index in [0.717, 1.165) is 101 Å². The van der Waals surface area contributed by atoms with Gasteiger partial charge in [-0.2, -0.15) is 0 Å². The quantitative estimate of drug-likeness (QED) is 0.102. The van der Waals surface area contributed by atoms with E-state index in [-0.39, 0.29) is 5.41 Å². The summed E-state index contributed by atoms with van der Waals surface area (Å²) < 4.78 is 23.3. The van der Waals surface area contributed by atoms with Gasteiger partial charge in [-0.25, -0.2) is 0 Å². The van der Waals surface area contributed by atoms with Crippen LogP contribution in [0, 0.1) is 0 Å². The van der Waals surface area contributed by atoms with Gasteiger partial charge in [0.25, 0.3) is 0 Å². The molecule has 1 aliphatic carbocycles. The zero-order chi connectivity index (χ0) is 95.5. The van der Waals surface area contributed by atoms with Crippen molar-refractivity contribution in [3.05, 3.63) is 515 Å². The molecule has 0 fully saturated rings. The summed E-state index contributed by atoms with van der Waals surface area (Å²) in [6.45, 7) is 4.72. The molecule has 680 valence electrons. The summed E-state index contributed by atoms with van der Waals surface area (Å²) in [6.07, 6.45) is 0. The highest BCUT2D eigenvalue weighted by molar-refractivity contribution is 7.28. The second kappa shape index (κ2) is 35.8. The molecule has 144 heavy (non-hydrogen) atoms. The summed E-state index contributed by atoms with van der Waals surface area (Å²) in [4.78, 5) is 7.06. The predicted molar refractivity (Wildman–Crippen MR) is 620 cm³/mol. The number of furan rings is 2. The van der Waals surface area contributed by atoms with Crippen molar-refractivity contribution in [2.24, 2.45) is 0 Å². The standard InChI is InChI=1S/C51H35NOS.C42H27NOS.C42H27NS2/c1-51(2)45-17-9-6-14-38(45)39-26-25-36(31-46(39)51)52(35-23-20-33(21-24-35)32-12-4-3-5-13-32)37-29-42(50-44(30-37)41-16-8-11-19-49(41)54-50)34-22-27-48-43(28-34)40-15-7-10-18-47(40)53-48;2*1-3-12-30(13-4-1)43(31-14-5-2-6-15-31)32-24-22-28(23-25-32)29-26-37-34-17-8-10-21-40(34)45-42(37)38(27-29)36-19-11-18-35-33-16-7-9-20-39(33)44-41(35)36/h3-31H,1-2H3;2*1-27H. The van der Waals surface area contributed by atoms with Gasteiger partial charge in [-0.1, -0.05) is 335 Å². The summed E-state index contributed by atoms with van der Waals surface area (Å²) in [7, 11) is 0. The maximum Gasteiger partial charge on any atom is 0.143 e. The molecule has 0 atom stereocenters. The van der Waals surface area contributed by atoms with Gasteiger partial charge >= 0.3 is 0 Å². The minimum atomic E-state index is -0.119. The number of thiophene rings is 4. The van der Waals surface area contributed by atoms with Crippen LogP contribution in [-0.2, 0) is 5.41 Å². The summed E-state index contributed by atoms with van der Waals surface area (Å²) in [5.41, 5.74) is 33.7. The molecule has 0 saturated heterocycles. The molecule has 0 amide bonds. The van der Waals surface area contributed by atoms with Crippen LogP contribution in [0.1, 0.15) is 25.0 Å². The van der Waals surface area contributed by atoms with E-state index in [4.69, 9.17) is 8.83 Å². The third kappa shape index (κ3) is 15.1. The van der Waals surface area contributed by atoms with Crippen LogP contribution in [0.25, 0.3) is 202 Å². The number of benzene rings is 22. The molecule has 0 radical (unpaired) electrons. The van der Waals surface area contributed by atoms with Gasteiger partial charge in [0.15, 0.2) is 0 Å². The van der Waals surface area contributed by atoms with E-state index in [1.165, 1.54) is 164 Å². The third-order valence-electron chi connectivity index (χ3n) is 28.8. The van der Waals surface area contributed by atoms with Crippen LogP contribution in [0.2, 0.25) is 0 Å². The van der Waals surface area contributed by atoms with Crippen molar-refractivity contribution in [1.82, 2.24) is 0 Å². The van der Waals surface area contributed by atoms with Gasteiger partial charge in [0.1, 0.15) is 22.3 Å². The zero-order valence-corrected chi connectivity index (χ0v) is 82.0. The van der Waals surface area contributed by atoms with Gasteiger partial charge in [0, 0.05) is 187 Å². The van der Waals surface area contributed by atoms with Crippen LogP contribution in [0.15, 0.2) is 512 Å². The van der Waals surface area contributed by atoms with E-state index in [9.17, 15) is 0 Å². The Bertz CT molecular complexity index is 9370. The first kappa shape index (κ1) is 85.9. The van der Waals surface area contributed by atoms with Crippen molar-refractivity contribution >= 4 is 221 Å². The summed E-state index contributed by atoms with van der Waals surface area (Å²) in [5.74, 6) is 0. The molecule has 6 heterocycles. The smallest absolute Gasteiger partial charge is 0.143 e. The number of anilines is 9. The summed E-state index contributed by atoms with van der Waals surface area (Å²) >= 11 is 7.53. The molecular formula is C135H89N3O2S4. The summed E-state index contributed by atoms with van der Waals surface area (Å²) in [6, 6.07) is 182. The Labute approximate surface area is 849 Å². The van der Waals surface area contributed by atoms with E-state index in [1.54, 1.807) is 0 Å². The van der Waals surface area contributed by atoms with E-state index >= 15 is 0 Å². The molecule has 6 aromatic heterocycles. The average Bonchev–Trinajstić information content (AvgIpc) is 1.58. The molecule has 0 unspecified atom stereocenters. The maximum atomic E-state index is 6.53. The fourth-order valence-electron chi connectivity index (χ4n) is 21.9. The van der Waals surface area contributed by atoms with Gasteiger partial charge in [-0.15, -0.1) is 45.3 Å². The van der Waals surface area contributed by atoms with Gasteiger partial charge in [-0.05, 0) is 243 Å². The highest BCUT2D eigenvalue weighted by atomic mass is 32.1. The van der Waals surface area contributed by atoms with E-state index < -0.39 is 0 Å². The lowest BCUT2D eigenvalue weighted by molar-refractivity contribution is 0.660. The molecule has 0 spiro atoms. The molecule has 0 N–H and O–H groups in total. The Balaban J connectivity index is 0.000000108. The Morgan fingerprint density at radius 2 is 0.493 bits per heavy atom. The highest BCUT2D eigenvalue weighted by Gasteiger charge is 2.37. The largest absolute Gasteiger partial charge is 0.456 e. The highest BCUT2D eigenvalue weighted by Crippen LogP contribution is 2.56. The van der Waals surface area contributed by atoms with Crippen molar-refractivity contribution in [3.63, 3.8) is 0 Å². The van der Waals surface area contributed by atoms with Crippen molar-refractivity contribution in [3.8, 4) is 77.9 Å². The molecule has 22 aromatic carbocycles. The maximum absolute atomic E-state index is 6.53. The molecule has 0 bridgehead atoms. The van der Waals surface area contributed by atoms with Gasteiger partial charge in [-0.3, -0.25) is 0 Å². The van der Waals surface area contributed by atoms with Gasteiger partial charge in [0.2, 0.25) is 0 Å². The fourth-order valence-corrected chi connectivity index (χ4v) is 26.8. The molecule has 29 rings (SSSR count). The lowest BCUT2D eigenvalue weighted by Crippen LogP contribution is -2.16. The van der Waals surface area contributed by atoms with E-state index in [1.807, 2.05) is 57.5 Å². The normalized spacial score (nSPS) is 12.2. The fraction of sp³-hybridized carbons (Fsp3) is 0.0222. The molecule has 0 saturated carbocycles. The van der Waals surface area contributed by atoms with E-state index in [0.29, 0.717) is 0 Å². The number of hydrogen-bond donors (Lipinski definition) is 0. The molecular weight excluding hydrogens is 1820 g/mol. The number of para-hydroxylation sites is 7. The second-order valence-electron chi connectivity index (χ2n) is 37.6. The number of rotatable bonds is 15. The van der Waals surface area contributed by atoms with Crippen LogP contribution in [-0.4, -0.2) is 0 Å². The second-order valence-corrected chi connectivity index (χ2v) is 41.8. The van der Waals surface area contributed by atoms with Crippen molar-refractivity contribution < 1.29 is 8.83 Å². The van der Waals surface area contributed by atoms with Gasteiger partial charge < -0.3 is 23.5 Å². The number of hydrogen-bond acceptors (Lipinski definition) is 9. The first-order valence-electron chi connectivity index (χ1n) is 48.9. The average molecular weight is 1910 g/mol. The third-order valence-corrected chi connectivity index (χ3v) is 33.7. The lowest BCUT2D eigenvalue weighted by Gasteiger charge is -2.29. The first-order chi connectivity index (χ1) is 71.1. The van der Waals surface area contributed by atoms with Crippen molar-refractivity contribution in [2.75, 3.05) is 14.7 Å². The predicted octanol–water partition coefficient (Wildman–Crippen LogP) is 41.0. The van der Waals surface area contributed by atoms with Crippen molar-refractivity contribution in [1.29, 1.82) is 0 Å². The molecule has 0 aliphatic heterocycles. The number of nitrogens with zero attached hydrogens (tertiary/aromatic N) is 3. The summed E-state index contributed by atoms with van der Waals surface area (Å²) in [5, 5.41) is 15.0. The minimum absolute atomic E-state index is 0.119. The number of fused-ring (bicyclic) bond motifs is 21. The van der Waals surface area contributed by atoms with E-state index in [2.05, 4.69) is 520 Å². The monoisotopic (exact) mass is 1910 g/mol. The molecule has 5 nitrogen and oxygen atoms in total. The topological polar surface area (TPSA) is 36.0 Å². The Hall–Kier alpha value is -17.3. The van der Waals surface area contributed by atoms with Crippen LogP contribution in [0.3, 0.4) is 0 Å². The molecule has 28 aromatic rings. The molecule has 1 aliphatic rings. The SMILES string of the molecule is CC1(C)c2ccccc2-c2ccc(N(c3ccc(-c4ccccc4)cc3)c3cc(-c4ccc5oc6ccccc6c5c4)c4sc5ccccc5c4c3)cc21.c1ccc(N(c2ccccc2)c2ccc(-c3cc(-c4cccc5c4oc4ccccc45)c4sc5ccccc5c4c3)cc2)cc1.c1ccc(N(c2ccccc2)c2ccc(-c3cc(-c4cccc5c4sc4ccccc45)c4sc5ccccc5c4c3)cc2)cc1. The molecule has 9 heteroatoms.